The maximum Gasteiger partial charge on any atom is 0.126 e. The van der Waals surface area contributed by atoms with Crippen LogP contribution in [0, 0.1) is 12.8 Å². The van der Waals surface area contributed by atoms with E-state index in [1.165, 1.54) is 25.9 Å². The van der Waals surface area contributed by atoms with Gasteiger partial charge in [0.1, 0.15) is 10.8 Å². The van der Waals surface area contributed by atoms with E-state index in [1.54, 1.807) is 0 Å². The van der Waals surface area contributed by atoms with E-state index in [-0.39, 0.29) is 0 Å². The number of aromatic nitrogens is 1. The van der Waals surface area contributed by atoms with Gasteiger partial charge in [-0.15, -0.1) is 0 Å². The minimum atomic E-state index is 0.420. The highest BCUT2D eigenvalue weighted by Gasteiger charge is 2.14. The van der Waals surface area contributed by atoms with Gasteiger partial charge in [-0.3, -0.25) is 0 Å². The lowest BCUT2D eigenvalue weighted by molar-refractivity contribution is 0.294. The number of nitrogens with zero attached hydrogens (tertiary/aromatic N) is 2. The van der Waals surface area contributed by atoms with Crippen LogP contribution < -0.4 is 11.1 Å². The predicted molar refractivity (Wildman–Crippen MR) is 88.2 cm³/mol. The van der Waals surface area contributed by atoms with E-state index in [0.29, 0.717) is 10.9 Å². The Morgan fingerprint density at radius 1 is 1.45 bits per heavy atom. The van der Waals surface area contributed by atoms with Gasteiger partial charge in [0.05, 0.1) is 0 Å². The van der Waals surface area contributed by atoms with Crippen LogP contribution in [-0.4, -0.2) is 41.1 Å². The van der Waals surface area contributed by atoms with Crippen LogP contribution in [-0.2, 0) is 0 Å². The van der Waals surface area contributed by atoms with Crippen LogP contribution in [0.2, 0.25) is 0 Å². The van der Waals surface area contributed by atoms with E-state index < -0.39 is 0 Å². The normalized spacial score (nSPS) is 17.1. The van der Waals surface area contributed by atoms with E-state index in [9.17, 15) is 0 Å². The minimum Gasteiger partial charge on any atom is -0.389 e. The number of nitrogens with one attached hydrogen (secondary N) is 1. The van der Waals surface area contributed by atoms with E-state index in [1.807, 2.05) is 19.1 Å². The molecular formula is C15H24N4S. The van der Waals surface area contributed by atoms with Gasteiger partial charge in [0, 0.05) is 24.3 Å². The molecule has 1 aliphatic heterocycles. The van der Waals surface area contributed by atoms with Crippen molar-refractivity contribution in [3.63, 3.8) is 0 Å². The summed E-state index contributed by atoms with van der Waals surface area (Å²) in [4.78, 5) is 7.44. The van der Waals surface area contributed by atoms with Crippen LogP contribution in [0.3, 0.4) is 0 Å². The highest BCUT2D eigenvalue weighted by Crippen LogP contribution is 2.13. The van der Waals surface area contributed by atoms with E-state index in [2.05, 4.69) is 22.1 Å². The second-order valence-electron chi connectivity index (χ2n) is 5.74. The molecule has 110 valence electrons. The van der Waals surface area contributed by atoms with Gasteiger partial charge in [-0.05, 0) is 50.9 Å². The van der Waals surface area contributed by atoms with Gasteiger partial charge in [-0.1, -0.05) is 19.1 Å². The molecule has 2 heterocycles. The van der Waals surface area contributed by atoms with Gasteiger partial charge in [0.25, 0.3) is 0 Å². The lowest BCUT2D eigenvalue weighted by Gasteiger charge is -2.20. The number of anilines is 1. The summed E-state index contributed by atoms with van der Waals surface area (Å²) in [5.41, 5.74) is 7.50. The average Bonchev–Trinajstić information content (AvgIpc) is 2.88. The van der Waals surface area contributed by atoms with Gasteiger partial charge in [0.2, 0.25) is 0 Å². The monoisotopic (exact) mass is 292 g/mol. The molecular weight excluding hydrogens is 268 g/mol. The number of nitrogens with two attached hydrogens (primary N) is 1. The molecule has 20 heavy (non-hydrogen) atoms. The summed E-state index contributed by atoms with van der Waals surface area (Å²) in [7, 11) is 0. The lowest BCUT2D eigenvalue weighted by Crippen LogP contribution is -2.29. The molecule has 0 saturated carbocycles. The van der Waals surface area contributed by atoms with Crippen LogP contribution >= 0.6 is 12.2 Å². The lowest BCUT2D eigenvalue weighted by atomic mass is 10.1. The summed E-state index contributed by atoms with van der Waals surface area (Å²) < 4.78 is 0. The molecule has 0 aliphatic carbocycles. The Labute approximate surface area is 126 Å². The first-order valence-corrected chi connectivity index (χ1v) is 7.70. The maximum absolute atomic E-state index is 5.69. The Kier molecular flexibility index (Phi) is 5.31. The largest absolute Gasteiger partial charge is 0.389 e. The second-order valence-corrected chi connectivity index (χ2v) is 6.18. The summed E-state index contributed by atoms with van der Waals surface area (Å²) in [5, 5.41) is 3.40. The predicted octanol–water partition coefficient (Wildman–Crippen LogP) is 2.17. The number of likely N-dealkylation sites (tertiary alicyclic amines) is 1. The van der Waals surface area contributed by atoms with Crippen molar-refractivity contribution < 1.29 is 0 Å². The first kappa shape index (κ1) is 15.2. The molecule has 0 amide bonds. The molecule has 1 unspecified atom stereocenters. The fourth-order valence-electron chi connectivity index (χ4n) is 2.65. The summed E-state index contributed by atoms with van der Waals surface area (Å²) >= 11 is 5.03. The Morgan fingerprint density at radius 3 is 2.80 bits per heavy atom. The van der Waals surface area contributed by atoms with Crippen molar-refractivity contribution >= 4 is 23.0 Å². The molecule has 1 aromatic heterocycles. The summed E-state index contributed by atoms with van der Waals surface area (Å²) in [6.07, 6.45) is 2.69. The summed E-state index contributed by atoms with van der Waals surface area (Å²) in [5.74, 6) is 1.46. The fourth-order valence-corrected chi connectivity index (χ4v) is 2.77. The zero-order valence-corrected chi connectivity index (χ0v) is 13.2. The molecule has 0 aromatic carbocycles. The Morgan fingerprint density at radius 2 is 2.15 bits per heavy atom. The quantitative estimate of drug-likeness (QED) is 0.787. The van der Waals surface area contributed by atoms with Crippen molar-refractivity contribution in [1.29, 1.82) is 0 Å². The van der Waals surface area contributed by atoms with Crippen molar-refractivity contribution in [1.82, 2.24) is 9.88 Å². The molecule has 5 heteroatoms. The zero-order valence-electron chi connectivity index (χ0n) is 12.4. The fraction of sp³-hybridized carbons (Fsp3) is 0.600. The standard InChI is InChI=1S/C15H24N4S/c1-11(10-19-5-3-4-6-19)9-17-14-8-13(15(16)20)7-12(2)18-14/h7-8,11H,3-6,9-10H2,1-2H3,(H2,16,20)(H,17,18). The molecule has 1 atom stereocenters. The molecule has 0 bridgehead atoms. The van der Waals surface area contributed by atoms with Crippen LogP contribution in [0.4, 0.5) is 5.82 Å². The van der Waals surface area contributed by atoms with Gasteiger partial charge < -0.3 is 16.0 Å². The van der Waals surface area contributed by atoms with Gasteiger partial charge in [0.15, 0.2) is 0 Å². The third kappa shape index (κ3) is 4.42. The zero-order chi connectivity index (χ0) is 14.5. The van der Waals surface area contributed by atoms with Crippen LogP contribution in [0.5, 0.6) is 0 Å². The molecule has 2 rings (SSSR count). The molecule has 4 nitrogen and oxygen atoms in total. The number of pyridine rings is 1. The van der Waals surface area contributed by atoms with Crippen molar-refractivity contribution in [2.45, 2.75) is 26.7 Å². The van der Waals surface area contributed by atoms with E-state index >= 15 is 0 Å². The summed E-state index contributed by atoms with van der Waals surface area (Å²) in [6.45, 7) is 8.80. The molecule has 0 radical (unpaired) electrons. The Bertz CT molecular complexity index is 469. The van der Waals surface area contributed by atoms with Gasteiger partial charge >= 0.3 is 0 Å². The average molecular weight is 292 g/mol. The molecule has 1 aromatic rings. The Hall–Kier alpha value is -1.20. The van der Waals surface area contributed by atoms with Crippen molar-refractivity contribution in [3.05, 3.63) is 23.4 Å². The van der Waals surface area contributed by atoms with E-state index in [0.717, 1.165) is 30.2 Å². The number of rotatable bonds is 6. The molecule has 0 spiro atoms. The van der Waals surface area contributed by atoms with Crippen LogP contribution in [0.15, 0.2) is 12.1 Å². The van der Waals surface area contributed by atoms with Crippen molar-refractivity contribution in [2.75, 3.05) is 31.5 Å². The molecule has 1 fully saturated rings. The number of aryl methyl sites for hydroxylation is 1. The third-order valence-electron chi connectivity index (χ3n) is 3.64. The highest BCUT2D eigenvalue weighted by molar-refractivity contribution is 7.80. The van der Waals surface area contributed by atoms with Gasteiger partial charge in [-0.2, -0.15) is 0 Å². The first-order valence-electron chi connectivity index (χ1n) is 7.29. The smallest absolute Gasteiger partial charge is 0.126 e. The molecule has 3 N–H and O–H groups in total. The second kappa shape index (κ2) is 6.99. The summed E-state index contributed by atoms with van der Waals surface area (Å²) in [6, 6.07) is 3.85. The Balaban J connectivity index is 1.87. The SMILES string of the molecule is Cc1cc(C(N)=S)cc(NCC(C)CN2CCCC2)n1. The number of thiocarbonyl (C=S) groups is 1. The molecule has 1 aliphatic rings. The van der Waals surface area contributed by atoms with E-state index in [4.69, 9.17) is 18.0 Å². The van der Waals surface area contributed by atoms with Gasteiger partial charge in [-0.25, -0.2) is 4.98 Å². The third-order valence-corrected chi connectivity index (χ3v) is 3.87. The highest BCUT2D eigenvalue weighted by atomic mass is 32.1. The van der Waals surface area contributed by atoms with Crippen molar-refractivity contribution in [2.24, 2.45) is 11.7 Å². The maximum atomic E-state index is 5.69. The van der Waals surface area contributed by atoms with Crippen molar-refractivity contribution in [3.8, 4) is 0 Å². The topological polar surface area (TPSA) is 54.2 Å². The van der Waals surface area contributed by atoms with Crippen LogP contribution in [0.25, 0.3) is 0 Å². The first-order chi connectivity index (χ1) is 9.54. The minimum absolute atomic E-state index is 0.420. The number of hydrogen-bond donors (Lipinski definition) is 2. The van der Waals surface area contributed by atoms with Crippen LogP contribution in [0.1, 0.15) is 31.0 Å². The molecule has 1 saturated heterocycles. The number of hydrogen-bond acceptors (Lipinski definition) is 4.